The molecule has 1 unspecified atom stereocenters. The lowest BCUT2D eigenvalue weighted by atomic mass is 9.96. The third kappa shape index (κ3) is 2.69. The molecular formula is C19H16O5. The molecule has 0 saturated carbocycles. The van der Waals surface area contributed by atoms with Gasteiger partial charge in [0.1, 0.15) is 6.29 Å². The molecule has 2 aromatic rings. The molecule has 2 N–H and O–H groups in total. The van der Waals surface area contributed by atoms with Crippen LogP contribution in [-0.4, -0.2) is 28.4 Å². The van der Waals surface area contributed by atoms with Crippen molar-refractivity contribution in [1.29, 1.82) is 0 Å². The van der Waals surface area contributed by atoms with E-state index < -0.39 is 17.9 Å². The van der Waals surface area contributed by atoms with Gasteiger partial charge in [0.2, 0.25) is 0 Å². The lowest BCUT2D eigenvalue weighted by Crippen LogP contribution is -2.01. The Morgan fingerprint density at radius 3 is 2.54 bits per heavy atom. The molecule has 5 heteroatoms. The molecule has 122 valence electrons. The van der Waals surface area contributed by atoms with Gasteiger partial charge in [-0.15, -0.1) is 0 Å². The smallest absolute Gasteiger partial charge is 0.336 e. The van der Waals surface area contributed by atoms with Crippen molar-refractivity contribution in [2.75, 3.05) is 0 Å². The highest BCUT2D eigenvalue weighted by Gasteiger charge is 2.31. The molecule has 0 heterocycles. The topological polar surface area (TPSA) is 91.7 Å². The molecule has 0 fully saturated rings. The van der Waals surface area contributed by atoms with Crippen LogP contribution in [0.15, 0.2) is 36.4 Å². The fraction of sp³-hybridized carbons (Fsp3) is 0.211. The number of aromatic carboxylic acids is 1. The summed E-state index contributed by atoms with van der Waals surface area (Å²) < 4.78 is 0. The molecule has 5 nitrogen and oxygen atoms in total. The number of carbonyl (C=O) groups is 3. The van der Waals surface area contributed by atoms with Crippen LogP contribution in [0, 0.1) is 0 Å². The zero-order chi connectivity index (χ0) is 17.3. The van der Waals surface area contributed by atoms with E-state index in [9.17, 15) is 19.5 Å². The Balaban J connectivity index is 2.02. The predicted molar refractivity (Wildman–Crippen MR) is 87.3 cm³/mol. The van der Waals surface area contributed by atoms with Gasteiger partial charge < -0.3 is 15.0 Å². The standard InChI is InChI=1S/C19H16O5/c20-10-16-12-4-2-5-14(19(23)24)18(12)13-8-7-11(9-15(13)16)3-1-6-17(21)22/h2,4-5,7-10,16H,1,3,6H2,(H,21,22)(H,23,24). The van der Waals surface area contributed by atoms with E-state index in [2.05, 4.69) is 0 Å². The largest absolute Gasteiger partial charge is 0.481 e. The second-order valence-electron chi connectivity index (χ2n) is 5.86. The lowest BCUT2D eigenvalue weighted by Gasteiger charge is -2.07. The molecule has 0 bridgehead atoms. The summed E-state index contributed by atoms with van der Waals surface area (Å²) in [7, 11) is 0. The normalized spacial score (nSPS) is 14.8. The van der Waals surface area contributed by atoms with Crippen LogP contribution in [-0.2, 0) is 16.0 Å². The van der Waals surface area contributed by atoms with E-state index in [0.717, 1.165) is 23.0 Å². The SMILES string of the molecule is O=CC1c2cc(CCCC(=O)O)ccc2-c2c(C(=O)O)cccc21. The summed E-state index contributed by atoms with van der Waals surface area (Å²) in [6, 6.07) is 10.6. The van der Waals surface area contributed by atoms with E-state index in [1.807, 2.05) is 18.2 Å². The van der Waals surface area contributed by atoms with Crippen LogP contribution >= 0.6 is 0 Å². The average Bonchev–Trinajstić information content (AvgIpc) is 2.87. The highest BCUT2D eigenvalue weighted by Crippen LogP contribution is 2.45. The van der Waals surface area contributed by atoms with Crippen LogP contribution < -0.4 is 0 Å². The van der Waals surface area contributed by atoms with Gasteiger partial charge in [-0.1, -0.05) is 30.3 Å². The average molecular weight is 324 g/mol. The third-order valence-electron chi connectivity index (χ3n) is 4.37. The van der Waals surface area contributed by atoms with Crippen LogP contribution in [0.5, 0.6) is 0 Å². The second kappa shape index (κ2) is 6.28. The van der Waals surface area contributed by atoms with E-state index in [1.54, 1.807) is 18.2 Å². The summed E-state index contributed by atoms with van der Waals surface area (Å²) in [5, 5.41) is 18.1. The minimum Gasteiger partial charge on any atom is -0.481 e. The molecule has 0 amide bonds. The van der Waals surface area contributed by atoms with Crippen LogP contribution in [0.1, 0.15) is 45.8 Å². The van der Waals surface area contributed by atoms with E-state index in [-0.39, 0.29) is 12.0 Å². The van der Waals surface area contributed by atoms with Crippen molar-refractivity contribution >= 4 is 18.2 Å². The number of benzene rings is 2. The summed E-state index contributed by atoms with van der Waals surface area (Å²) in [5.41, 5.74) is 4.02. The molecular weight excluding hydrogens is 308 g/mol. The second-order valence-corrected chi connectivity index (χ2v) is 5.86. The van der Waals surface area contributed by atoms with Crippen molar-refractivity contribution < 1.29 is 24.6 Å². The Labute approximate surface area is 138 Å². The Kier molecular flexibility index (Phi) is 4.16. The van der Waals surface area contributed by atoms with E-state index in [0.29, 0.717) is 24.0 Å². The molecule has 0 aliphatic heterocycles. The molecule has 1 aliphatic rings. The maximum absolute atomic E-state index is 11.6. The highest BCUT2D eigenvalue weighted by molar-refractivity contribution is 6.01. The number of aryl methyl sites for hydroxylation is 1. The number of carboxylic acid groups (broad SMARTS) is 2. The molecule has 0 aromatic heterocycles. The summed E-state index contributed by atoms with van der Waals surface area (Å²) in [6.07, 6.45) is 2.05. The van der Waals surface area contributed by atoms with Crippen molar-refractivity contribution in [3.05, 3.63) is 58.7 Å². The Bertz CT molecular complexity index is 838. The Morgan fingerprint density at radius 1 is 1.08 bits per heavy atom. The number of hydrogen-bond acceptors (Lipinski definition) is 3. The summed E-state index contributed by atoms with van der Waals surface area (Å²) in [4.78, 5) is 33.7. The van der Waals surface area contributed by atoms with Gasteiger partial charge in [-0.2, -0.15) is 0 Å². The van der Waals surface area contributed by atoms with Crippen LogP contribution in [0.4, 0.5) is 0 Å². The van der Waals surface area contributed by atoms with Crippen molar-refractivity contribution in [3.63, 3.8) is 0 Å². The summed E-state index contributed by atoms with van der Waals surface area (Å²) in [5.74, 6) is -2.33. The number of fused-ring (bicyclic) bond motifs is 3. The van der Waals surface area contributed by atoms with Gasteiger partial charge in [-0.25, -0.2) is 4.79 Å². The molecule has 0 saturated heterocycles. The first-order valence-electron chi connectivity index (χ1n) is 7.69. The fourth-order valence-corrected chi connectivity index (χ4v) is 3.32. The first-order chi connectivity index (χ1) is 11.5. The van der Waals surface area contributed by atoms with Crippen LogP contribution in [0.25, 0.3) is 11.1 Å². The van der Waals surface area contributed by atoms with Gasteiger partial charge in [-0.05, 0) is 41.2 Å². The van der Waals surface area contributed by atoms with Crippen LogP contribution in [0.3, 0.4) is 0 Å². The van der Waals surface area contributed by atoms with Gasteiger partial charge >= 0.3 is 11.9 Å². The summed E-state index contributed by atoms with van der Waals surface area (Å²) in [6.45, 7) is 0. The maximum Gasteiger partial charge on any atom is 0.336 e. The predicted octanol–water partition coefficient (Wildman–Crippen LogP) is 3.10. The first-order valence-corrected chi connectivity index (χ1v) is 7.69. The number of carbonyl (C=O) groups excluding carboxylic acids is 1. The van der Waals surface area contributed by atoms with Gasteiger partial charge in [-0.3, -0.25) is 4.79 Å². The molecule has 3 rings (SSSR count). The Morgan fingerprint density at radius 2 is 1.88 bits per heavy atom. The fourth-order valence-electron chi connectivity index (χ4n) is 3.32. The monoisotopic (exact) mass is 324 g/mol. The van der Waals surface area contributed by atoms with Gasteiger partial charge in [0.25, 0.3) is 0 Å². The Hall–Kier alpha value is -2.95. The van der Waals surface area contributed by atoms with E-state index in [1.165, 1.54) is 0 Å². The molecule has 1 atom stereocenters. The third-order valence-corrected chi connectivity index (χ3v) is 4.37. The van der Waals surface area contributed by atoms with E-state index >= 15 is 0 Å². The molecule has 0 radical (unpaired) electrons. The van der Waals surface area contributed by atoms with Crippen molar-refractivity contribution in [2.24, 2.45) is 0 Å². The minimum absolute atomic E-state index is 0.0948. The molecule has 2 aromatic carbocycles. The lowest BCUT2D eigenvalue weighted by molar-refractivity contribution is -0.137. The van der Waals surface area contributed by atoms with Gasteiger partial charge in [0, 0.05) is 12.0 Å². The number of aliphatic carboxylic acids is 1. The summed E-state index contributed by atoms with van der Waals surface area (Å²) >= 11 is 0. The van der Waals surface area contributed by atoms with Gasteiger partial charge in [0.15, 0.2) is 0 Å². The van der Waals surface area contributed by atoms with Crippen molar-refractivity contribution in [1.82, 2.24) is 0 Å². The minimum atomic E-state index is -1.02. The first kappa shape index (κ1) is 15.9. The van der Waals surface area contributed by atoms with Crippen molar-refractivity contribution in [2.45, 2.75) is 25.2 Å². The van der Waals surface area contributed by atoms with Crippen LogP contribution in [0.2, 0.25) is 0 Å². The van der Waals surface area contributed by atoms with Crippen molar-refractivity contribution in [3.8, 4) is 11.1 Å². The number of aldehydes is 1. The number of rotatable bonds is 6. The molecule has 0 spiro atoms. The number of carboxylic acids is 2. The quantitative estimate of drug-likeness (QED) is 0.797. The molecule has 24 heavy (non-hydrogen) atoms. The maximum atomic E-state index is 11.6. The zero-order valence-corrected chi connectivity index (χ0v) is 12.9. The molecule has 1 aliphatic carbocycles. The van der Waals surface area contributed by atoms with Gasteiger partial charge in [0.05, 0.1) is 11.5 Å². The number of hydrogen-bond donors (Lipinski definition) is 2. The highest BCUT2D eigenvalue weighted by atomic mass is 16.4. The van der Waals surface area contributed by atoms with E-state index in [4.69, 9.17) is 5.11 Å². The zero-order valence-electron chi connectivity index (χ0n) is 12.9.